The summed E-state index contributed by atoms with van der Waals surface area (Å²) in [5.74, 6) is 0.385. The van der Waals surface area contributed by atoms with Crippen molar-refractivity contribution in [2.75, 3.05) is 0 Å². The lowest BCUT2D eigenvalue weighted by Crippen LogP contribution is -1.88. The molecule has 0 saturated heterocycles. The largest absolute Gasteiger partial charge is 0.411 e. The Balaban J connectivity index is 1.73. The smallest absolute Gasteiger partial charge is 0.277 e. The average Bonchev–Trinajstić information content (AvgIpc) is 3.02. The zero-order valence-electron chi connectivity index (χ0n) is 11.7. The topological polar surface area (TPSA) is 82.1 Å². The molecule has 0 radical (unpaired) electrons. The Labute approximate surface area is 134 Å². The molecule has 0 N–H and O–H groups in total. The van der Waals surface area contributed by atoms with Crippen LogP contribution < -0.4 is 0 Å². The van der Waals surface area contributed by atoms with E-state index in [1.165, 1.54) is 36.0 Å². The Morgan fingerprint density at radius 2 is 2.00 bits per heavy atom. The molecule has 0 aliphatic carbocycles. The lowest BCUT2D eigenvalue weighted by molar-refractivity contribution is -0.384. The van der Waals surface area contributed by atoms with Gasteiger partial charge in [0.1, 0.15) is 5.82 Å². The van der Waals surface area contributed by atoms with Crippen LogP contribution in [0, 0.1) is 15.9 Å². The second-order valence-corrected chi connectivity index (χ2v) is 5.53. The number of halogens is 1. The summed E-state index contributed by atoms with van der Waals surface area (Å²) in [4.78, 5) is 10.3. The van der Waals surface area contributed by atoms with Crippen molar-refractivity contribution in [3.8, 4) is 11.5 Å². The van der Waals surface area contributed by atoms with E-state index in [2.05, 4.69) is 10.2 Å². The molecule has 0 fully saturated rings. The van der Waals surface area contributed by atoms with E-state index in [1.807, 2.05) is 0 Å². The molecule has 0 aliphatic heterocycles. The third-order valence-corrected chi connectivity index (χ3v) is 3.85. The highest BCUT2D eigenvalue weighted by Crippen LogP contribution is 2.27. The molecule has 0 spiro atoms. The van der Waals surface area contributed by atoms with Crippen LogP contribution in [0.2, 0.25) is 0 Å². The molecule has 0 unspecified atom stereocenters. The number of non-ortho nitro benzene ring substituents is 1. The molecule has 3 rings (SSSR count). The van der Waals surface area contributed by atoms with E-state index in [-0.39, 0.29) is 17.4 Å². The van der Waals surface area contributed by atoms with Gasteiger partial charge in [-0.25, -0.2) is 4.39 Å². The number of thioether (sulfide) groups is 1. The summed E-state index contributed by atoms with van der Waals surface area (Å²) in [5.41, 5.74) is 1.23. The molecular weight excluding hydrogens is 321 g/mol. The van der Waals surface area contributed by atoms with Gasteiger partial charge < -0.3 is 4.42 Å². The van der Waals surface area contributed by atoms with Crippen LogP contribution in [0.25, 0.3) is 11.5 Å². The van der Waals surface area contributed by atoms with Crippen molar-refractivity contribution in [1.29, 1.82) is 0 Å². The molecule has 1 heterocycles. The Morgan fingerprint density at radius 3 is 2.78 bits per heavy atom. The highest BCUT2D eigenvalue weighted by Gasteiger charge is 2.13. The van der Waals surface area contributed by atoms with Crippen molar-refractivity contribution >= 4 is 17.4 Å². The van der Waals surface area contributed by atoms with Crippen LogP contribution in [0.4, 0.5) is 10.1 Å². The first kappa shape index (κ1) is 15.2. The highest BCUT2D eigenvalue weighted by molar-refractivity contribution is 7.98. The van der Waals surface area contributed by atoms with E-state index < -0.39 is 4.92 Å². The Morgan fingerprint density at radius 1 is 1.17 bits per heavy atom. The normalized spacial score (nSPS) is 10.7. The van der Waals surface area contributed by atoms with Crippen molar-refractivity contribution in [3.05, 3.63) is 70.0 Å². The Bertz CT molecular complexity index is 853. The van der Waals surface area contributed by atoms with Crippen molar-refractivity contribution in [3.63, 3.8) is 0 Å². The number of benzene rings is 2. The molecule has 2 aromatic carbocycles. The van der Waals surface area contributed by atoms with Crippen molar-refractivity contribution in [2.45, 2.75) is 11.0 Å². The van der Waals surface area contributed by atoms with Crippen LogP contribution in [0.15, 0.2) is 58.2 Å². The Kier molecular flexibility index (Phi) is 4.33. The van der Waals surface area contributed by atoms with E-state index in [0.29, 0.717) is 16.5 Å². The SMILES string of the molecule is O=[N+]([O-])c1cccc(-c2nnc(SCc3cccc(F)c3)o2)c1. The zero-order valence-corrected chi connectivity index (χ0v) is 12.5. The van der Waals surface area contributed by atoms with Crippen molar-refractivity contribution in [1.82, 2.24) is 10.2 Å². The summed E-state index contributed by atoms with van der Waals surface area (Å²) in [6.07, 6.45) is 0. The zero-order chi connectivity index (χ0) is 16.2. The quantitative estimate of drug-likeness (QED) is 0.398. The summed E-state index contributed by atoms with van der Waals surface area (Å²) in [6, 6.07) is 12.2. The maximum atomic E-state index is 13.1. The van der Waals surface area contributed by atoms with Crippen LogP contribution in [0.3, 0.4) is 0 Å². The van der Waals surface area contributed by atoms with E-state index in [1.54, 1.807) is 24.3 Å². The standard InChI is InChI=1S/C15H10FN3O3S/c16-12-5-1-3-10(7-12)9-23-15-18-17-14(22-15)11-4-2-6-13(8-11)19(20)21/h1-8H,9H2. The number of hydrogen-bond acceptors (Lipinski definition) is 6. The van der Waals surface area contributed by atoms with Gasteiger partial charge >= 0.3 is 0 Å². The first-order chi connectivity index (χ1) is 11.1. The monoisotopic (exact) mass is 331 g/mol. The maximum absolute atomic E-state index is 13.1. The first-order valence-electron chi connectivity index (χ1n) is 6.57. The highest BCUT2D eigenvalue weighted by atomic mass is 32.2. The number of nitro groups is 1. The van der Waals surface area contributed by atoms with Gasteiger partial charge in [0.05, 0.1) is 4.92 Å². The van der Waals surface area contributed by atoms with E-state index in [0.717, 1.165) is 5.56 Å². The average molecular weight is 331 g/mol. The van der Waals surface area contributed by atoms with Gasteiger partial charge in [0.2, 0.25) is 5.89 Å². The molecule has 23 heavy (non-hydrogen) atoms. The second-order valence-electron chi connectivity index (χ2n) is 4.60. The van der Waals surface area contributed by atoms with E-state index in [9.17, 15) is 14.5 Å². The second kappa shape index (κ2) is 6.57. The van der Waals surface area contributed by atoms with Gasteiger partial charge in [0, 0.05) is 23.4 Å². The lowest BCUT2D eigenvalue weighted by atomic mass is 10.2. The molecule has 0 amide bonds. The van der Waals surface area contributed by atoms with Gasteiger partial charge in [-0.15, -0.1) is 10.2 Å². The van der Waals surface area contributed by atoms with Gasteiger partial charge in [-0.1, -0.05) is 30.0 Å². The molecule has 0 aliphatic rings. The van der Waals surface area contributed by atoms with Gasteiger partial charge in [-0.05, 0) is 23.8 Å². The predicted molar refractivity (Wildman–Crippen MR) is 82.3 cm³/mol. The minimum atomic E-state index is -0.487. The number of nitro benzene ring substituents is 1. The summed E-state index contributed by atoms with van der Waals surface area (Å²) in [7, 11) is 0. The molecule has 8 heteroatoms. The molecule has 6 nitrogen and oxygen atoms in total. The number of rotatable bonds is 5. The van der Waals surface area contributed by atoms with Crippen LogP contribution >= 0.6 is 11.8 Å². The van der Waals surface area contributed by atoms with Gasteiger partial charge in [0.15, 0.2) is 0 Å². The van der Waals surface area contributed by atoms with Crippen LogP contribution in [-0.4, -0.2) is 15.1 Å². The minimum Gasteiger partial charge on any atom is -0.411 e. The summed E-state index contributed by atoms with van der Waals surface area (Å²) >= 11 is 1.27. The maximum Gasteiger partial charge on any atom is 0.277 e. The molecule has 116 valence electrons. The van der Waals surface area contributed by atoms with Gasteiger partial charge in [-0.2, -0.15) is 0 Å². The molecule has 0 atom stereocenters. The first-order valence-corrected chi connectivity index (χ1v) is 7.56. The summed E-state index contributed by atoms with van der Waals surface area (Å²) in [5, 5.41) is 18.9. The molecule has 0 bridgehead atoms. The summed E-state index contributed by atoms with van der Waals surface area (Å²) in [6.45, 7) is 0. The van der Waals surface area contributed by atoms with Crippen LogP contribution in [0.1, 0.15) is 5.56 Å². The van der Waals surface area contributed by atoms with Crippen molar-refractivity contribution < 1.29 is 13.7 Å². The predicted octanol–water partition coefficient (Wildman–Crippen LogP) is 4.08. The fourth-order valence-corrected chi connectivity index (χ4v) is 2.62. The van der Waals surface area contributed by atoms with Gasteiger partial charge in [0.25, 0.3) is 10.9 Å². The third-order valence-electron chi connectivity index (χ3n) is 2.96. The molecule has 1 aromatic heterocycles. The molecule has 0 saturated carbocycles. The Hall–Kier alpha value is -2.74. The van der Waals surface area contributed by atoms with Crippen LogP contribution in [0.5, 0.6) is 0 Å². The van der Waals surface area contributed by atoms with Crippen LogP contribution in [-0.2, 0) is 5.75 Å². The fraction of sp³-hybridized carbons (Fsp3) is 0.0667. The number of aromatic nitrogens is 2. The molecule has 3 aromatic rings. The van der Waals surface area contributed by atoms with Crippen molar-refractivity contribution in [2.24, 2.45) is 0 Å². The summed E-state index contributed by atoms with van der Waals surface area (Å²) < 4.78 is 18.6. The fourth-order valence-electron chi connectivity index (χ4n) is 1.91. The number of hydrogen-bond donors (Lipinski definition) is 0. The van der Waals surface area contributed by atoms with Gasteiger partial charge in [-0.3, -0.25) is 10.1 Å². The minimum absolute atomic E-state index is 0.0466. The van der Waals surface area contributed by atoms with E-state index in [4.69, 9.17) is 4.42 Å². The third kappa shape index (κ3) is 3.72. The lowest BCUT2D eigenvalue weighted by Gasteiger charge is -1.98. The number of nitrogens with zero attached hydrogens (tertiary/aromatic N) is 3. The molecular formula is C15H10FN3O3S. The van der Waals surface area contributed by atoms with E-state index >= 15 is 0 Å².